The van der Waals surface area contributed by atoms with Crippen molar-refractivity contribution >= 4 is 11.6 Å². The van der Waals surface area contributed by atoms with Crippen LogP contribution >= 0.6 is 0 Å². The van der Waals surface area contributed by atoms with E-state index in [1.165, 1.54) is 6.20 Å². The van der Waals surface area contributed by atoms with Gasteiger partial charge in [0.05, 0.1) is 11.9 Å². The number of carbonyl (C=O) groups is 1. The lowest BCUT2D eigenvalue weighted by atomic mass is 10.2. The molecule has 0 unspecified atom stereocenters. The van der Waals surface area contributed by atoms with Crippen LogP contribution in [0.5, 0.6) is 11.6 Å². The maximum atomic E-state index is 10.9. The maximum absolute atomic E-state index is 10.9. The van der Waals surface area contributed by atoms with Crippen LogP contribution < -0.4 is 16.2 Å². The van der Waals surface area contributed by atoms with Crippen LogP contribution in [-0.2, 0) is 0 Å². The van der Waals surface area contributed by atoms with Crippen LogP contribution in [0.3, 0.4) is 0 Å². The number of amides is 1. The van der Waals surface area contributed by atoms with Crippen LogP contribution in [0.15, 0.2) is 36.5 Å². The molecule has 18 heavy (non-hydrogen) atoms. The van der Waals surface area contributed by atoms with Gasteiger partial charge in [-0.3, -0.25) is 4.79 Å². The number of anilines is 1. The fourth-order valence-electron chi connectivity index (χ4n) is 1.49. The Balaban J connectivity index is 2.21. The number of aryl methyl sites for hydroxylation is 1. The molecule has 0 aliphatic rings. The minimum atomic E-state index is -0.469. The summed E-state index contributed by atoms with van der Waals surface area (Å²) in [6.45, 7) is 1.86. The Kier molecular flexibility index (Phi) is 3.14. The molecule has 0 saturated heterocycles. The molecule has 0 fully saturated rings. The third kappa shape index (κ3) is 2.57. The summed E-state index contributed by atoms with van der Waals surface area (Å²) in [4.78, 5) is 15.0. The SMILES string of the molecule is Cc1cc(N)cnc1Oc1ccc(C(N)=O)cc1. The molecule has 0 bridgehead atoms. The summed E-state index contributed by atoms with van der Waals surface area (Å²) in [6.07, 6.45) is 1.53. The predicted molar refractivity (Wildman–Crippen MR) is 68.4 cm³/mol. The third-order valence-corrected chi connectivity index (χ3v) is 2.40. The second-order valence-corrected chi connectivity index (χ2v) is 3.88. The highest BCUT2D eigenvalue weighted by Crippen LogP contribution is 2.23. The summed E-state index contributed by atoms with van der Waals surface area (Å²) in [5.74, 6) is 0.597. The molecule has 0 atom stereocenters. The minimum Gasteiger partial charge on any atom is -0.439 e. The van der Waals surface area contributed by atoms with Crippen molar-refractivity contribution in [2.45, 2.75) is 6.92 Å². The number of nitrogen functional groups attached to an aromatic ring is 1. The monoisotopic (exact) mass is 243 g/mol. The average molecular weight is 243 g/mol. The number of benzene rings is 1. The highest BCUT2D eigenvalue weighted by Gasteiger charge is 2.05. The van der Waals surface area contributed by atoms with E-state index in [1.807, 2.05) is 6.92 Å². The van der Waals surface area contributed by atoms with Crippen molar-refractivity contribution in [3.63, 3.8) is 0 Å². The number of nitrogens with zero attached hydrogens (tertiary/aromatic N) is 1. The molecule has 1 amide bonds. The van der Waals surface area contributed by atoms with E-state index in [9.17, 15) is 4.79 Å². The number of hydrogen-bond acceptors (Lipinski definition) is 4. The number of aromatic nitrogens is 1. The molecule has 2 aromatic rings. The number of pyridine rings is 1. The fraction of sp³-hybridized carbons (Fsp3) is 0.0769. The van der Waals surface area contributed by atoms with E-state index >= 15 is 0 Å². The second kappa shape index (κ2) is 4.75. The summed E-state index contributed by atoms with van der Waals surface area (Å²) in [5, 5.41) is 0. The molecule has 2 rings (SSSR count). The van der Waals surface area contributed by atoms with E-state index < -0.39 is 5.91 Å². The Labute approximate surface area is 104 Å². The molecule has 1 aromatic carbocycles. The van der Waals surface area contributed by atoms with E-state index in [0.29, 0.717) is 22.9 Å². The molecule has 1 heterocycles. The first-order valence-electron chi connectivity index (χ1n) is 5.36. The normalized spacial score (nSPS) is 10.1. The van der Waals surface area contributed by atoms with Crippen molar-refractivity contribution in [1.82, 2.24) is 4.98 Å². The van der Waals surface area contributed by atoms with Gasteiger partial charge in [-0.1, -0.05) is 0 Å². The van der Waals surface area contributed by atoms with Gasteiger partial charge in [0.1, 0.15) is 5.75 Å². The van der Waals surface area contributed by atoms with Crippen LogP contribution in [0, 0.1) is 6.92 Å². The maximum Gasteiger partial charge on any atom is 0.248 e. The Morgan fingerprint density at radius 2 is 1.94 bits per heavy atom. The van der Waals surface area contributed by atoms with Crippen molar-refractivity contribution in [3.8, 4) is 11.6 Å². The van der Waals surface area contributed by atoms with Crippen molar-refractivity contribution in [2.24, 2.45) is 5.73 Å². The topological polar surface area (TPSA) is 91.2 Å². The number of ether oxygens (including phenoxy) is 1. The molecule has 0 spiro atoms. The standard InChI is InChI=1S/C13H13N3O2/c1-8-6-10(14)7-16-13(8)18-11-4-2-9(3-5-11)12(15)17/h2-7H,14H2,1H3,(H2,15,17). The van der Waals surface area contributed by atoms with Gasteiger partial charge in [-0.15, -0.1) is 0 Å². The van der Waals surface area contributed by atoms with Crippen LogP contribution in [0.1, 0.15) is 15.9 Å². The first kappa shape index (κ1) is 11.9. The van der Waals surface area contributed by atoms with Crippen LogP contribution in [0.25, 0.3) is 0 Å². The fourth-order valence-corrected chi connectivity index (χ4v) is 1.49. The quantitative estimate of drug-likeness (QED) is 0.860. The summed E-state index contributed by atoms with van der Waals surface area (Å²) < 4.78 is 5.58. The summed E-state index contributed by atoms with van der Waals surface area (Å²) in [6, 6.07) is 8.31. The number of carbonyl (C=O) groups excluding carboxylic acids is 1. The summed E-state index contributed by atoms with van der Waals surface area (Å²) in [7, 11) is 0. The lowest BCUT2D eigenvalue weighted by Gasteiger charge is -2.08. The van der Waals surface area contributed by atoms with Gasteiger partial charge in [0.25, 0.3) is 0 Å². The van der Waals surface area contributed by atoms with Crippen molar-refractivity contribution < 1.29 is 9.53 Å². The second-order valence-electron chi connectivity index (χ2n) is 3.88. The van der Waals surface area contributed by atoms with Gasteiger partial charge in [-0.05, 0) is 37.3 Å². The highest BCUT2D eigenvalue weighted by molar-refractivity contribution is 5.92. The Hall–Kier alpha value is -2.56. The molecular formula is C13H13N3O2. The highest BCUT2D eigenvalue weighted by atomic mass is 16.5. The molecule has 5 heteroatoms. The molecule has 0 aliphatic carbocycles. The molecule has 1 aromatic heterocycles. The van der Waals surface area contributed by atoms with E-state index in [2.05, 4.69) is 4.98 Å². The Bertz CT molecular complexity index is 579. The molecule has 92 valence electrons. The minimum absolute atomic E-state index is 0.435. The van der Waals surface area contributed by atoms with Gasteiger partial charge in [-0.25, -0.2) is 4.98 Å². The summed E-state index contributed by atoms with van der Waals surface area (Å²) >= 11 is 0. The molecule has 4 N–H and O–H groups in total. The zero-order valence-corrected chi connectivity index (χ0v) is 9.88. The summed E-state index contributed by atoms with van der Waals surface area (Å²) in [5.41, 5.74) is 12.6. The van der Waals surface area contributed by atoms with Crippen molar-refractivity contribution in [1.29, 1.82) is 0 Å². The zero-order valence-electron chi connectivity index (χ0n) is 9.88. The van der Waals surface area contributed by atoms with Crippen LogP contribution in [0.2, 0.25) is 0 Å². The largest absolute Gasteiger partial charge is 0.439 e. The van der Waals surface area contributed by atoms with Crippen LogP contribution in [0.4, 0.5) is 5.69 Å². The van der Waals surface area contributed by atoms with E-state index in [4.69, 9.17) is 16.2 Å². The van der Waals surface area contributed by atoms with Gasteiger partial charge >= 0.3 is 0 Å². The molecular weight excluding hydrogens is 230 g/mol. The lowest BCUT2D eigenvalue weighted by Crippen LogP contribution is -2.10. The Morgan fingerprint density at radius 3 is 2.50 bits per heavy atom. The average Bonchev–Trinajstić information content (AvgIpc) is 2.33. The first-order valence-corrected chi connectivity index (χ1v) is 5.36. The lowest BCUT2D eigenvalue weighted by molar-refractivity contribution is 0.100. The smallest absolute Gasteiger partial charge is 0.248 e. The number of primary amides is 1. The molecule has 0 saturated carbocycles. The molecule has 0 aliphatic heterocycles. The predicted octanol–water partition coefficient (Wildman–Crippen LogP) is 1.86. The number of rotatable bonds is 3. The Morgan fingerprint density at radius 1 is 1.28 bits per heavy atom. The first-order chi connectivity index (χ1) is 8.56. The van der Waals surface area contributed by atoms with Crippen molar-refractivity contribution in [2.75, 3.05) is 5.73 Å². The number of hydrogen-bond donors (Lipinski definition) is 2. The van der Waals surface area contributed by atoms with Gasteiger partial charge in [-0.2, -0.15) is 0 Å². The van der Waals surface area contributed by atoms with E-state index in [-0.39, 0.29) is 0 Å². The van der Waals surface area contributed by atoms with Gasteiger partial charge < -0.3 is 16.2 Å². The zero-order chi connectivity index (χ0) is 13.1. The van der Waals surface area contributed by atoms with Crippen LogP contribution in [-0.4, -0.2) is 10.9 Å². The van der Waals surface area contributed by atoms with E-state index in [0.717, 1.165) is 5.56 Å². The van der Waals surface area contributed by atoms with E-state index in [1.54, 1.807) is 30.3 Å². The molecule has 0 radical (unpaired) electrons. The number of nitrogens with two attached hydrogens (primary N) is 2. The van der Waals surface area contributed by atoms with Crippen molar-refractivity contribution in [3.05, 3.63) is 47.7 Å². The third-order valence-electron chi connectivity index (χ3n) is 2.40. The van der Waals surface area contributed by atoms with Gasteiger partial charge in [0, 0.05) is 11.1 Å². The van der Waals surface area contributed by atoms with Gasteiger partial charge in [0.2, 0.25) is 11.8 Å². The molecule has 5 nitrogen and oxygen atoms in total. The van der Waals surface area contributed by atoms with Gasteiger partial charge in [0.15, 0.2) is 0 Å².